The molecular weight excluding hydrogens is 164 g/mol. The van der Waals surface area contributed by atoms with Gasteiger partial charge in [-0.2, -0.15) is 0 Å². The van der Waals surface area contributed by atoms with Crippen LogP contribution in [0.4, 0.5) is 0 Å². The van der Waals surface area contributed by atoms with E-state index in [0.717, 1.165) is 4.48 Å². The van der Waals surface area contributed by atoms with Crippen LogP contribution in [0.2, 0.25) is 0 Å². The Morgan fingerprint density at radius 2 is 2.12 bits per heavy atom. The van der Waals surface area contributed by atoms with Crippen molar-refractivity contribution in [3.05, 3.63) is 40.6 Å². The van der Waals surface area contributed by atoms with E-state index in [0.29, 0.717) is 0 Å². The molecule has 8 heavy (non-hydrogen) atoms. The first-order valence-electron chi connectivity index (χ1n) is 2.35. The van der Waals surface area contributed by atoms with Gasteiger partial charge in [-0.15, -0.1) is 5.73 Å². The Kier molecular flexibility index (Phi) is 1.90. The standard InChI is InChI=1S/C7H5Br/c8-7-5-3-1-2-4-6-7/h1-5H. The molecule has 0 bridgehead atoms. The van der Waals surface area contributed by atoms with Gasteiger partial charge >= 0.3 is 0 Å². The Morgan fingerprint density at radius 3 is 3.00 bits per heavy atom. The second kappa shape index (κ2) is 2.71. The van der Waals surface area contributed by atoms with Gasteiger partial charge in [-0.25, -0.2) is 0 Å². The van der Waals surface area contributed by atoms with Gasteiger partial charge in [-0.05, 0) is 28.1 Å². The van der Waals surface area contributed by atoms with Crippen molar-refractivity contribution in [1.29, 1.82) is 0 Å². The SMILES string of the molecule is BrC1=C=CC=CC=C1. The number of halogens is 1. The van der Waals surface area contributed by atoms with E-state index in [-0.39, 0.29) is 0 Å². The maximum atomic E-state index is 3.29. The van der Waals surface area contributed by atoms with E-state index in [2.05, 4.69) is 21.7 Å². The highest BCUT2D eigenvalue weighted by Gasteiger charge is 1.77. The Bertz CT molecular complexity index is 190. The van der Waals surface area contributed by atoms with Crippen LogP contribution in [0.5, 0.6) is 0 Å². The predicted octanol–water partition coefficient (Wildman–Crippen LogP) is 2.55. The lowest BCUT2D eigenvalue weighted by molar-refractivity contribution is 1.95. The summed E-state index contributed by atoms with van der Waals surface area (Å²) in [6.45, 7) is 0. The Morgan fingerprint density at radius 1 is 1.25 bits per heavy atom. The first-order valence-corrected chi connectivity index (χ1v) is 3.14. The lowest BCUT2D eigenvalue weighted by Crippen LogP contribution is -1.50. The molecule has 0 aromatic carbocycles. The normalized spacial score (nSPS) is 15.9. The predicted molar refractivity (Wildman–Crippen MR) is 38.8 cm³/mol. The first kappa shape index (κ1) is 5.61. The molecule has 1 aliphatic rings. The largest absolute Gasteiger partial charge is 0.105 e. The van der Waals surface area contributed by atoms with Gasteiger partial charge in [0.15, 0.2) is 0 Å². The average molecular weight is 169 g/mol. The van der Waals surface area contributed by atoms with Gasteiger partial charge in [-0.3, -0.25) is 0 Å². The summed E-state index contributed by atoms with van der Waals surface area (Å²) in [4.78, 5) is 0. The zero-order valence-corrected chi connectivity index (χ0v) is 5.85. The van der Waals surface area contributed by atoms with Crippen LogP contribution in [0.15, 0.2) is 40.6 Å². The maximum Gasteiger partial charge on any atom is 0.0593 e. The van der Waals surface area contributed by atoms with Crippen LogP contribution < -0.4 is 0 Å². The van der Waals surface area contributed by atoms with E-state index in [1.54, 1.807) is 0 Å². The van der Waals surface area contributed by atoms with Crippen LogP contribution >= 0.6 is 15.9 Å². The molecule has 0 nitrogen and oxygen atoms in total. The zero-order valence-electron chi connectivity index (χ0n) is 4.26. The lowest BCUT2D eigenvalue weighted by Gasteiger charge is -1.73. The molecule has 0 aromatic heterocycles. The first-order chi connectivity index (χ1) is 3.89. The van der Waals surface area contributed by atoms with E-state index in [9.17, 15) is 0 Å². The molecule has 0 spiro atoms. The van der Waals surface area contributed by atoms with Crippen molar-refractivity contribution in [2.45, 2.75) is 0 Å². The molecular formula is C7H5Br. The summed E-state index contributed by atoms with van der Waals surface area (Å²) >= 11 is 3.29. The summed E-state index contributed by atoms with van der Waals surface area (Å²) in [5.74, 6) is 0. The van der Waals surface area contributed by atoms with Gasteiger partial charge in [-0.1, -0.05) is 18.2 Å². The van der Waals surface area contributed by atoms with Crippen molar-refractivity contribution in [1.82, 2.24) is 0 Å². The molecule has 0 amide bonds. The number of rotatable bonds is 0. The molecule has 0 fully saturated rings. The van der Waals surface area contributed by atoms with Crippen molar-refractivity contribution in [2.75, 3.05) is 0 Å². The van der Waals surface area contributed by atoms with Crippen LogP contribution in [0.3, 0.4) is 0 Å². The van der Waals surface area contributed by atoms with Crippen molar-refractivity contribution in [2.24, 2.45) is 0 Å². The van der Waals surface area contributed by atoms with E-state index < -0.39 is 0 Å². The maximum absolute atomic E-state index is 3.29. The molecule has 40 valence electrons. The Balaban J connectivity index is 2.95. The summed E-state index contributed by atoms with van der Waals surface area (Å²) in [6, 6.07) is 0. The van der Waals surface area contributed by atoms with Gasteiger partial charge < -0.3 is 0 Å². The van der Waals surface area contributed by atoms with Crippen molar-refractivity contribution in [3.8, 4) is 0 Å². The fourth-order valence-corrected chi connectivity index (χ4v) is 0.720. The summed E-state index contributed by atoms with van der Waals surface area (Å²) < 4.78 is 0.988. The lowest BCUT2D eigenvalue weighted by atomic mass is 10.5. The average Bonchev–Trinajstić information content (AvgIpc) is 1.94. The highest BCUT2D eigenvalue weighted by Crippen LogP contribution is 2.05. The second-order valence-corrected chi connectivity index (χ2v) is 2.26. The topological polar surface area (TPSA) is 0 Å². The monoisotopic (exact) mass is 168 g/mol. The fraction of sp³-hybridized carbons (Fsp3) is 0. The number of hydrogen-bond acceptors (Lipinski definition) is 0. The Hall–Kier alpha value is -0.520. The molecule has 0 saturated heterocycles. The van der Waals surface area contributed by atoms with Gasteiger partial charge in [0, 0.05) is 0 Å². The van der Waals surface area contributed by atoms with E-state index >= 15 is 0 Å². The molecule has 0 N–H and O–H groups in total. The minimum absolute atomic E-state index is 0.988. The number of hydrogen-bond donors (Lipinski definition) is 0. The summed E-state index contributed by atoms with van der Waals surface area (Å²) in [5, 5.41) is 0. The third-order valence-corrected chi connectivity index (χ3v) is 1.28. The molecule has 0 unspecified atom stereocenters. The highest BCUT2D eigenvalue weighted by atomic mass is 79.9. The van der Waals surface area contributed by atoms with Crippen molar-refractivity contribution >= 4 is 15.9 Å². The van der Waals surface area contributed by atoms with Crippen LogP contribution in [0.1, 0.15) is 0 Å². The molecule has 1 rings (SSSR count). The van der Waals surface area contributed by atoms with Crippen LogP contribution in [0, 0.1) is 0 Å². The number of allylic oxidation sites excluding steroid dienone is 5. The van der Waals surface area contributed by atoms with Crippen LogP contribution in [-0.4, -0.2) is 0 Å². The molecule has 0 atom stereocenters. The third-order valence-electron chi connectivity index (χ3n) is 0.782. The second-order valence-electron chi connectivity index (χ2n) is 1.40. The van der Waals surface area contributed by atoms with Gasteiger partial charge in [0.2, 0.25) is 0 Å². The minimum Gasteiger partial charge on any atom is -0.105 e. The quantitative estimate of drug-likeness (QED) is 0.488. The fourth-order valence-electron chi connectivity index (χ4n) is 0.436. The minimum atomic E-state index is 0.988. The third kappa shape index (κ3) is 1.53. The van der Waals surface area contributed by atoms with Crippen LogP contribution in [-0.2, 0) is 0 Å². The molecule has 0 aliphatic heterocycles. The molecule has 0 heterocycles. The van der Waals surface area contributed by atoms with E-state index in [1.807, 2.05) is 30.4 Å². The van der Waals surface area contributed by atoms with Crippen molar-refractivity contribution in [3.63, 3.8) is 0 Å². The molecule has 1 heteroatoms. The molecule has 1 aliphatic carbocycles. The zero-order chi connectivity index (χ0) is 5.82. The van der Waals surface area contributed by atoms with E-state index in [4.69, 9.17) is 0 Å². The van der Waals surface area contributed by atoms with Crippen LogP contribution in [0.25, 0.3) is 0 Å². The van der Waals surface area contributed by atoms with E-state index in [1.165, 1.54) is 0 Å². The van der Waals surface area contributed by atoms with Crippen molar-refractivity contribution < 1.29 is 0 Å². The smallest absolute Gasteiger partial charge is 0.0593 e. The molecule has 0 radical (unpaired) electrons. The Labute approximate surface area is 57.0 Å². The van der Waals surface area contributed by atoms with Gasteiger partial charge in [0.1, 0.15) is 0 Å². The van der Waals surface area contributed by atoms with Gasteiger partial charge in [0.05, 0.1) is 4.48 Å². The summed E-state index contributed by atoms with van der Waals surface area (Å²) in [5.41, 5.74) is 2.98. The molecule has 0 saturated carbocycles. The van der Waals surface area contributed by atoms with Gasteiger partial charge in [0.25, 0.3) is 0 Å². The molecule has 0 aromatic rings. The summed E-state index contributed by atoms with van der Waals surface area (Å²) in [6.07, 6.45) is 9.66. The summed E-state index contributed by atoms with van der Waals surface area (Å²) in [7, 11) is 0. The highest BCUT2D eigenvalue weighted by molar-refractivity contribution is 9.11.